The minimum absolute atomic E-state index is 0.00170. The molecule has 2 atom stereocenters. The van der Waals surface area contributed by atoms with E-state index in [1.807, 2.05) is 43.0 Å². The molecule has 0 aliphatic carbocycles. The fourth-order valence-electron chi connectivity index (χ4n) is 4.58. The maximum Gasteiger partial charge on any atom is 0.258 e. The third-order valence-electron chi connectivity index (χ3n) is 6.14. The number of carbonyl (C=O) groups excluding carboxylic acids is 1. The van der Waals surface area contributed by atoms with Gasteiger partial charge in [-0.25, -0.2) is 9.97 Å². The van der Waals surface area contributed by atoms with Gasteiger partial charge >= 0.3 is 0 Å². The fourth-order valence-corrected chi connectivity index (χ4v) is 4.67. The van der Waals surface area contributed by atoms with Crippen LogP contribution in [-0.2, 0) is 0 Å². The van der Waals surface area contributed by atoms with Crippen LogP contribution in [0.4, 0.5) is 5.95 Å². The molecule has 2 saturated heterocycles. The number of anilines is 1. The molecule has 2 aromatic heterocycles. The Morgan fingerprint density at radius 3 is 2.26 bits per heavy atom. The van der Waals surface area contributed by atoms with Crippen molar-refractivity contribution in [2.75, 3.05) is 31.1 Å². The summed E-state index contributed by atoms with van der Waals surface area (Å²) in [4.78, 5) is 30.9. The Kier molecular flexibility index (Phi) is 4.89. The normalized spacial score (nSPS) is 20.4. The SMILES string of the molecule is Cc1noc(-c2ccccc2C(=O)N2CC3CN(c4nc(C)c(Cl)c(C)n4)CC3C2)n1. The molecule has 0 N–H and O–H groups in total. The van der Waals surface area contributed by atoms with E-state index in [1.165, 1.54) is 0 Å². The Bertz CT molecular complexity index is 1130. The minimum atomic E-state index is 0.00170. The van der Waals surface area contributed by atoms with Crippen molar-refractivity contribution in [3.05, 3.63) is 52.1 Å². The number of benzene rings is 1. The molecule has 0 radical (unpaired) electrons. The quantitative estimate of drug-likeness (QED) is 0.619. The van der Waals surface area contributed by atoms with Crippen molar-refractivity contribution in [1.82, 2.24) is 25.0 Å². The van der Waals surface area contributed by atoms with Crippen molar-refractivity contribution in [2.45, 2.75) is 20.8 Å². The Hall–Kier alpha value is -3.00. The number of amides is 1. The lowest BCUT2D eigenvalue weighted by molar-refractivity contribution is 0.0783. The Balaban J connectivity index is 1.32. The number of rotatable bonds is 3. The van der Waals surface area contributed by atoms with E-state index in [0.717, 1.165) is 30.4 Å². The molecule has 2 aliphatic rings. The smallest absolute Gasteiger partial charge is 0.258 e. The highest BCUT2D eigenvalue weighted by molar-refractivity contribution is 6.31. The van der Waals surface area contributed by atoms with Crippen LogP contribution in [0.2, 0.25) is 5.02 Å². The molecule has 3 aromatic rings. The molecule has 0 bridgehead atoms. The number of nitrogens with zero attached hydrogens (tertiary/aromatic N) is 6. The van der Waals surface area contributed by atoms with Crippen LogP contribution in [0.3, 0.4) is 0 Å². The van der Waals surface area contributed by atoms with Crippen molar-refractivity contribution in [3.8, 4) is 11.5 Å². The van der Waals surface area contributed by atoms with Gasteiger partial charge in [0.25, 0.3) is 11.8 Å². The van der Waals surface area contributed by atoms with E-state index in [4.69, 9.17) is 16.1 Å². The number of fused-ring (bicyclic) bond motifs is 1. The molecule has 9 heteroatoms. The Labute approximate surface area is 185 Å². The van der Waals surface area contributed by atoms with Crippen LogP contribution >= 0.6 is 11.6 Å². The number of hydrogen-bond acceptors (Lipinski definition) is 7. The predicted molar refractivity (Wildman–Crippen MR) is 116 cm³/mol. The molecule has 2 aliphatic heterocycles. The minimum Gasteiger partial charge on any atom is -0.340 e. The van der Waals surface area contributed by atoms with Crippen LogP contribution in [0.1, 0.15) is 27.6 Å². The summed E-state index contributed by atoms with van der Waals surface area (Å²) in [7, 11) is 0. The van der Waals surface area contributed by atoms with Gasteiger partial charge in [-0.1, -0.05) is 28.9 Å². The summed E-state index contributed by atoms with van der Waals surface area (Å²) in [6, 6.07) is 7.41. The molecule has 2 unspecified atom stereocenters. The highest BCUT2D eigenvalue weighted by atomic mass is 35.5. The molecular weight excluding hydrogens is 416 g/mol. The largest absolute Gasteiger partial charge is 0.340 e. The van der Waals surface area contributed by atoms with Crippen molar-refractivity contribution in [2.24, 2.45) is 11.8 Å². The van der Waals surface area contributed by atoms with Gasteiger partial charge in [0, 0.05) is 38.0 Å². The third-order valence-corrected chi connectivity index (χ3v) is 6.69. The highest BCUT2D eigenvalue weighted by Crippen LogP contribution is 2.35. The van der Waals surface area contributed by atoms with Gasteiger partial charge < -0.3 is 14.3 Å². The zero-order valence-electron chi connectivity index (χ0n) is 17.7. The van der Waals surface area contributed by atoms with E-state index in [2.05, 4.69) is 25.0 Å². The van der Waals surface area contributed by atoms with Crippen molar-refractivity contribution >= 4 is 23.5 Å². The van der Waals surface area contributed by atoms with Crippen molar-refractivity contribution in [3.63, 3.8) is 0 Å². The molecule has 31 heavy (non-hydrogen) atoms. The number of aromatic nitrogens is 4. The molecule has 5 rings (SSSR count). The van der Waals surface area contributed by atoms with Crippen LogP contribution in [0, 0.1) is 32.6 Å². The summed E-state index contributed by atoms with van der Waals surface area (Å²) >= 11 is 6.22. The lowest BCUT2D eigenvalue weighted by atomic mass is 10.0. The fraction of sp³-hybridized carbons (Fsp3) is 0.409. The lowest BCUT2D eigenvalue weighted by Gasteiger charge is -2.23. The number of carbonyl (C=O) groups is 1. The van der Waals surface area contributed by atoms with E-state index in [0.29, 0.717) is 52.8 Å². The van der Waals surface area contributed by atoms with E-state index in [-0.39, 0.29) is 5.91 Å². The predicted octanol–water partition coefficient (Wildman–Crippen LogP) is 3.31. The van der Waals surface area contributed by atoms with Crippen molar-refractivity contribution in [1.29, 1.82) is 0 Å². The van der Waals surface area contributed by atoms with Gasteiger partial charge in [0.2, 0.25) is 5.95 Å². The third kappa shape index (κ3) is 3.54. The van der Waals surface area contributed by atoms with Crippen molar-refractivity contribution < 1.29 is 9.32 Å². The van der Waals surface area contributed by atoms with Crippen LogP contribution in [-0.4, -0.2) is 57.1 Å². The second-order valence-corrected chi connectivity index (χ2v) is 8.71. The standard InChI is InChI=1S/C22H23ClN6O2/c1-12-19(23)13(2)25-22(24-12)29-10-15-8-28(9-16(15)11-29)21(30)18-7-5-4-6-17(18)20-26-14(3)27-31-20/h4-7,15-16H,8-11H2,1-3H3. The van der Waals surface area contributed by atoms with Crippen LogP contribution in [0.5, 0.6) is 0 Å². The van der Waals surface area contributed by atoms with Crippen LogP contribution in [0.25, 0.3) is 11.5 Å². The van der Waals surface area contributed by atoms with Gasteiger partial charge in [-0.05, 0) is 32.9 Å². The molecule has 1 amide bonds. The number of likely N-dealkylation sites (tertiary alicyclic amines) is 1. The topological polar surface area (TPSA) is 88.3 Å². The Morgan fingerprint density at radius 1 is 1.00 bits per heavy atom. The first-order valence-electron chi connectivity index (χ1n) is 10.4. The first kappa shape index (κ1) is 19.9. The molecule has 8 nitrogen and oxygen atoms in total. The first-order chi connectivity index (χ1) is 14.9. The van der Waals surface area contributed by atoms with Crippen LogP contribution in [0.15, 0.2) is 28.8 Å². The summed E-state index contributed by atoms with van der Waals surface area (Å²) in [5.74, 6) is 2.43. The molecule has 4 heterocycles. The summed E-state index contributed by atoms with van der Waals surface area (Å²) in [6.45, 7) is 8.66. The molecule has 0 spiro atoms. The van der Waals surface area contributed by atoms with E-state index in [9.17, 15) is 4.79 Å². The van der Waals surface area contributed by atoms with Gasteiger partial charge in [-0.2, -0.15) is 4.98 Å². The molecule has 160 valence electrons. The van der Waals surface area contributed by atoms with Gasteiger partial charge in [0.1, 0.15) is 0 Å². The second-order valence-electron chi connectivity index (χ2n) is 8.34. The summed E-state index contributed by atoms with van der Waals surface area (Å²) in [5.41, 5.74) is 2.86. The molecule has 2 fully saturated rings. The summed E-state index contributed by atoms with van der Waals surface area (Å²) < 4.78 is 5.31. The zero-order valence-corrected chi connectivity index (χ0v) is 18.4. The average Bonchev–Trinajstić information content (AvgIpc) is 3.46. The number of hydrogen-bond donors (Lipinski definition) is 0. The first-order valence-corrected chi connectivity index (χ1v) is 10.7. The summed E-state index contributed by atoms with van der Waals surface area (Å²) in [6.07, 6.45) is 0. The Morgan fingerprint density at radius 2 is 1.65 bits per heavy atom. The molecular formula is C22H23ClN6O2. The maximum absolute atomic E-state index is 13.3. The summed E-state index contributed by atoms with van der Waals surface area (Å²) in [5, 5.41) is 4.48. The second kappa shape index (κ2) is 7.60. The number of halogens is 1. The average molecular weight is 439 g/mol. The van der Waals surface area contributed by atoms with E-state index >= 15 is 0 Å². The van der Waals surface area contributed by atoms with Gasteiger partial charge in [0.05, 0.1) is 27.5 Å². The highest BCUT2D eigenvalue weighted by Gasteiger charge is 2.43. The lowest BCUT2D eigenvalue weighted by Crippen LogP contribution is -2.34. The van der Waals surface area contributed by atoms with E-state index in [1.54, 1.807) is 6.92 Å². The zero-order chi connectivity index (χ0) is 21.7. The van der Waals surface area contributed by atoms with Crippen LogP contribution < -0.4 is 4.90 Å². The van der Waals surface area contributed by atoms with E-state index < -0.39 is 0 Å². The number of aryl methyl sites for hydroxylation is 3. The molecule has 1 aromatic carbocycles. The van der Waals surface area contributed by atoms with Gasteiger partial charge in [-0.3, -0.25) is 4.79 Å². The maximum atomic E-state index is 13.3. The molecule has 0 saturated carbocycles. The monoisotopic (exact) mass is 438 g/mol. The van der Waals surface area contributed by atoms with Gasteiger partial charge in [-0.15, -0.1) is 0 Å². The van der Waals surface area contributed by atoms with Gasteiger partial charge in [0.15, 0.2) is 5.82 Å².